The van der Waals surface area contributed by atoms with Crippen LogP contribution in [0.5, 0.6) is 23.5 Å². The Balaban J connectivity index is 2.33. The molecule has 0 saturated carbocycles. The Labute approximate surface area is 143 Å². The van der Waals surface area contributed by atoms with E-state index in [1.165, 1.54) is 27.4 Å². The highest BCUT2D eigenvalue weighted by atomic mass is 35.5. The maximum Gasteiger partial charge on any atom is 0.344 e. The molecule has 0 saturated heterocycles. The van der Waals surface area contributed by atoms with Crippen LogP contribution in [0, 0.1) is 0 Å². The molecule has 1 aromatic heterocycles. The van der Waals surface area contributed by atoms with Crippen LogP contribution in [0.2, 0.25) is 5.02 Å². The van der Waals surface area contributed by atoms with Gasteiger partial charge in [-0.15, -0.1) is 0 Å². The zero-order valence-corrected chi connectivity index (χ0v) is 14.0. The number of esters is 1. The number of hydrogen-bond donors (Lipinski definition) is 0. The number of benzene rings is 1. The van der Waals surface area contributed by atoms with Gasteiger partial charge in [-0.1, -0.05) is 23.7 Å². The zero-order chi connectivity index (χ0) is 17.5. The van der Waals surface area contributed by atoms with Gasteiger partial charge in [-0.25, -0.2) is 4.79 Å². The predicted octanol–water partition coefficient (Wildman–Crippen LogP) is 2.70. The minimum atomic E-state index is -0.611. The maximum atomic E-state index is 12.0. The summed E-state index contributed by atoms with van der Waals surface area (Å²) in [4.78, 5) is 20.0. The van der Waals surface area contributed by atoms with Crippen molar-refractivity contribution in [3.05, 3.63) is 34.9 Å². The van der Waals surface area contributed by atoms with E-state index in [2.05, 4.69) is 9.97 Å². The molecule has 0 bridgehead atoms. The summed E-state index contributed by atoms with van der Waals surface area (Å²) >= 11 is 6.00. The monoisotopic (exact) mass is 354 g/mol. The summed E-state index contributed by atoms with van der Waals surface area (Å²) in [6, 6.07) is 6.37. The topological polar surface area (TPSA) is 89.0 Å². The predicted molar refractivity (Wildman–Crippen MR) is 84.0 cm³/mol. The average molecular weight is 355 g/mol. The molecule has 128 valence electrons. The lowest BCUT2D eigenvalue weighted by molar-refractivity contribution is -0.0126. The Bertz CT molecular complexity index is 700. The molecular formula is C15H15ClN2O6. The first-order valence-electron chi connectivity index (χ1n) is 6.69. The molecule has 0 atom stereocenters. The van der Waals surface area contributed by atoms with Crippen LogP contribution in [0.25, 0.3) is 0 Å². The van der Waals surface area contributed by atoms with Crippen LogP contribution in [0.15, 0.2) is 24.3 Å². The lowest BCUT2D eigenvalue weighted by atomic mass is 10.2. The van der Waals surface area contributed by atoms with Gasteiger partial charge in [0.05, 0.1) is 14.2 Å². The van der Waals surface area contributed by atoms with E-state index in [4.69, 9.17) is 35.3 Å². The second-order valence-electron chi connectivity index (χ2n) is 4.28. The van der Waals surface area contributed by atoms with Crippen molar-refractivity contribution >= 4 is 17.6 Å². The Hall–Kier alpha value is -2.58. The Morgan fingerprint density at radius 3 is 2.29 bits per heavy atom. The molecular weight excluding hydrogens is 340 g/mol. The van der Waals surface area contributed by atoms with Crippen molar-refractivity contribution < 1.29 is 28.5 Å². The molecule has 0 spiro atoms. The van der Waals surface area contributed by atoms with Crippen molar-refractivity contribution in [3.8, 4) is 23.5 Å². The number of carbonyl (C=O) groups is 1. The Morgan fingerprint density at radius 1 is 1.08 bits per heavy atom. The SMILES string of the molecule is COCOC(=O)c1ccccc1Oc1nc(OC)c(Cl)c(OC)n1. The molecule has 0 unspecified atom stereocenters. The number of methoxy groups -OCH3 is 3. The number of nitrogens with zero attached hydrogens (tertiary/aromatic N) is 2. The number of para-hydroxylation sites is 1. The van der Waals surface area contributed by atoms with Crippen molar-refractivity contribution in [1.29, 1.82) is 0 Å². The summed E-state index contributed by atoms with van der Waals surface area (Å²) in [6.07, 6.45) is 0. The van der Waals surface area contributed by atoms with Crippen molar-refractivity contribution in [3.63, 3.8) is 0 Å². The third kappa shape index (κ3) is 4.03. The number of ether oxygens (including phenoxy) is 5. The van der Waals surface area contributed by atoms with Gasteiger partial charge in [0.1, 0.15) is 11.3 Å². The highest BCUT2D eigenvalue weighted by Gasteiger charge is 2.18. The second-order valence-corrected chi connectivity index (χ2v) is 4.65. The third-order valence-electron chi connectivity index (χ3n) is 2.77. The molecule has 1 aromatic carbocycles. The summed E-state index contributed by atoms with van der Waals surface area (Å²) in [5.74, 6) is -0.249. The number of hydrogen-bond acceptors (Lipinski definition) is 8. The van der Waals surface area contributed by atoms with Gasteiger partial charge in [0, 0.05) is 7.11 Å². The molecule has 2 rings (SSSR count). The molecule has 2 aromatic rings. The van der Waals surface area contributed by atoms with Crippen molar-refractivity contribution in [2.24, 2.45) is 0 Å². The van der Waals surface area contributed by atoms with Crippen molar-refractivity contribution in [1.82, 2.24) is 9.97 Å². The molecule has 0 aliphatic rings. The van der Waals surface area contributed by atoms with Crippen LogP contribution in [0.4, 0.5) is 0 Å². The minimum absolute atomic E-state index is 0.0814. The van der Waals surface area contributed by atoms with Gasteiger partial charge in [0.2, 0.25) is 11.8 Å². The first kappa shape index (κ1) is 17.8. The molecule has 1 heterocycles. The quantitative estimate of drug-likeness (QED) is 0.554. The Morgan fingerprint density at radius 2 is 1.71 bits per heavy atom. The number of carbonyl (C=O) groups excluding carboxylic acids is 1. The molecule has 8 nitrogen and oxygen atoms in total. The van der Waals surface area contributed by atoms with Gasteiger partial charge in [0.25, 0.3) is 0 Å². The van der Waals surface area contributed by atoms with Gasteiger partial charge in [0.15, 0.2) is 11.8 Å². The number of rotatable bonds is 7. The fraction of sp³-hybridized carbons (Fsp3) is 0.267. The summed E-state index contributed by atoms with van der Waals surface area (Å²) in [5.41, 5.74) is 0.186. The number of halogens is 1. The fourth-order valence-electron chi connectivity index (χ4n) is 1.72. The van der Waals surface area contributed by atoms with Crippen LogP contribution in [0.1, 0.15) is 10.4 Å². The summed E-state index contributed by atoms with van der Waals surface area (Å²) in [5, 5.41) is 0.111. The van der Waals surface area contributed by atoms with Crippen LogP contribution >= 0.6 is 11.6 Å². The fourth-order valence-corrected chi connectivity index (χ4v) is 1.96. The normalized spacial score (nSPS) is 10.2. The van der Waals surface area contributed by atoms with Crippen molar-refractivity contribution in [2.45, 2.75) is 0 Å². The smallest absolute Gasteiger partial charge is 0.344 e. The van der Waals surface area contributed by atoms with Crippen LogP contribution in [-0.2, 0) is 9.47 Å². The molecule has 0 aliphatic heterocycles. The molecule has 0 amide bonds. The first-order chi connectivity index (χ1) is 11.6. The molecule has 9 heteroatoms. The van der Waals surface area contributed by atoms with Crippen LogP contribution in [-0.4, -0.2) is 44.1 Å². The third-order valence-corrected chi connectivity index (χ3v) is 3.10. The van der Waals surface area contributed by atoms with E-state index < -0.39 is 5.97 Å². The van der Waals surface area contributed by atoms with E-state index in [0.29, 0.717) is 0 Å². The summed E-state index contributed by atoms with van der Waals surface area (Å²) in [6.45, 7) is -0.174. The molecule has 24 heavy (non-hydrogen) atoms. The van der Waals surface area contributed by atoms with Gasteiger partial charge in [-0.3, -0.25) is 0 Å². The Kier molecular flexibility index (Phi) is 6.16. The van der Waals surface area contributed by atoms with E-state index in [-0.39, 0.29) is 40.9 Å². The second kappa shape index (κ2) is 8.32. The van der Waals surface area contributed by atoms with E-state index >= 15 is 0 Å². The molecule has 0 radical (unpaired) electrons. The van der Waals surface area contributed by atoms with E-state index in [0.717, 1.165) is 0 Å². The lowest BCUT2D eigenvalue weighted by Gasteiger charge is -2.11. The minimum Gasteiger partial charge on any atom is -0.480 e. The molecule has 0 N–H and O–H groups in total. The molecule has 0 fully saturated rings. The largest absolute Gasteiger partial charge is 0.480 e. The first-order valence-corrected chi connectivity index (χ1v) is 7.07. The zero-order valence-electron chi connectivity index (χ0n) is 13.2. The van der Waals surface area contributed by atoms with Crippen LogP contribution in [0.3, 0.4) is 0 Å². The summed E-state index contributed by atoms with van der Waals surface area (Å²) in [7, 11) is 4.21. The highest BCUT2D eigenvalue weighted by molar-refractivity contribution is 6.33. The molecule has 0 aliphatic carbocycles. The van der Waals surface area contributed by atoms with Gasteiger partial charge in [-0.05, 0) is 12.1 Å². The van der Waals surface area contributed by atoms with Gasteiger partial charge in [-0.2, -0.15) is 9.97 Å². The standard InChI is InChI=1S/C15H15ClN2O6/c1-20-8-23-14(19)9-6-4-5-7-10(9)24-15-17-12(21-2)11(16)13(18-15)22-3/h4-7H,8H2,1-3H3. The van der Waals surface area contributed by atoms with Crippen LogP contribution < -0.4 is 14.2 Å². The van der Waals surface area contributed by atoms with E-state index in [1.807, 2.05) is 0 Å². The summed E-state index contributed by atoms with van der Waals surface area (Å²) < 4.78 is 25.3. The maximum absolute atomic E-state index is 12.0. The lowest BCUT2D eigenvalue weighted by Crippen LogP contribution is -2.09. The van der Waals surface area contributed by atoms with Crippen molar-refractivity contribution in [2.75, 3.05) is 28.1 Å². The van der Waals surface area contributed by atoms with E-state index in [9.17, 15) is 4.79 Å². The van der Waals surface area contributed by atoms with E-state index in [1.54, 1.807) is 18.2 Å². The average Bonchev–Trinajstić information content (AvgIpc) is 2.61. The van der Waals surface area contributed by atoms with Gasteiger partial charge >= 0.3 is 12.0 Å². The highest BCUT2D eigenvalue weighted by Crippen LogP contribution is 2.34. The number of aromatic nitrogens is 2. The van der Waals surface area contributed by atoms with Gasteiger partial charge < -0.3 is 23.7 Å².